The number of carboxylic acid groups (broad SMARTS) is 1. The van der Waals surface area contributed by atoms with Gasteiger partial charge >= 0.3 is 5.97 Å². The summed E-state index contributed by atoms with van der Waals surface area (Å²) in [6.07, 6.45) is 2.48. The number of fused-ring (bicyclic) bond motifs is 1. The van der Waals surface area contributed by atoms with Crippen molar-refractivity contribution >= 4 is 17.0 Å². The van der Waals surface area contributed by atoms with Gasteiger partial charge in [0, 0.05) is 35.2 Å². The molecule has 5 aromatic rings. The Bertz CT molecular complexity index is 1860. The number of benzene rings is 2. The van der Waals surface area contributed by atoms with Gasteiger partial charge < -0.3 is 19.1 Å². The minimum Gasteiger partial charge on any atom is -0.478 e. The first-order valence-corrected chi connectivity index (χ1v) is 13.6. The molecule has 1 aliphatic heterocycles. The quantitative estimate of drug-likeness (QED) is 0.225. The number of hydrogen-bond donors (Lipinski definition) is 1. The topological polar surface area (TPSA) is 99.4 Å². The molecule has 1 aliphatic rings. The smallest absolute Gasteiger partial charge is 0.335 e. The average Bonchev–Trinajstić information content (AvgIpc) is 3.51. The second kappa shape index (κ2) is 11.1. The molecule has 1 N–H and O–H groups in total. The molecule has 0 spiro atoms. The third kappa shape index (κ3) is 5.55. The number of halogens is 3. The van der Waals surface area contributed by atoms with Crippen molar-refractivity contribution in [2.24, 2.45) is 5.41 Å². The van der Waals surface area contributed by atoms with Gasteiger partial charge in [-0.3, -0.25) is 4.98 Å². The number of hydrogen-bond acceptors (Lipinski definition) is 6. The Hall–Kier alpha value is -4.77. The van der Waals surface area contributed by atoms with E-state index in [2.05, 4.69) is 9.97 Å². The van der Waals surface area contributed by atoms with E-state index in [0.29, 0.717) is 30.1 Å². The third-order valence-electron chi connectivity index (χ3n) is 7.69. The summed E-state index contributed by atoms with van der Waals surface area (Å²) in [5.74, 6) is -2.37. The Labute approximate surface area is 244 Å². The van der Waals surface area contributed by atoms with Crippen LogP contribution < -0.4 is 4.74 Å². The molecule has 0 bridgehead atoms. The van der Waals surface area contributed by atoms with Gasteiger partial charge in [-0.1, -0.05) is 19.9 Å². The van der Waals surface area contributed by atoms with Gasteiger partial charge in [-0.05, 0) is 48.0 Å². The molecule has 4 heterocycles. The summed E-state index contributed by atoms with van der Waals surface area (Å²) < 4.78 is 58.2. The van der Waals surface area contributed by atoms with Crippen LogP contribution in [0.5, 0.6) is 5.88 Å². The van der Waals surface area contributed by atoms with E-state index in [9.17, 15) is 14.3 Å². The van der Waals surface area contributed by atoms with Crippen LogP contribution >= 0.6 is 0 Å². The van der Waals surface area contributed by atoms with Crippen molar-refractivity contribution in [3.8, 4) is 17.1 Å². The highest BCUT2D eigenvalue weighted by molar-refractivity contribution is 5.92. The van der Waals surface area contributed by atoms with Gasteiger partial charge in [0.2, 0.25) is 5.88 Å². The summed E-state index contributed by atoms with van der Waals surface area (Å²) >= 11 is 0. The number of carboxylic acids is 1. The molecular weight excluding hydrogens is 561 g/mol. The number of aromatic carboxylic acids is 1. The lowest BCUT2D eigenvalue weighted by molar-refractivity contribution is 0.0697. The average molecular weight is 589 g/mol. The number of aromatic nitrogens is 4. The van der Waals surface area contributed by atoms with E-state index in [0.717, 1.165) is 18.3 Å². The third-order valence-corrected chi connectivity index (χ3v) is 7.69. The monoisotopic (exact) mass is 588 g/mol. The Balaban J connectivity index is 1.32. The highest BCUT2D eigenvalue weighted by Crippen LogP contribution is 2.40. The predicted octanol–water partition coefficient (Wildman–Crippen LogP) is 6.38. The second-order valence-corrected chi connectivity index (χ2v) is 11.1. The van der Waals surface area contributed by atoms with E-state index in [1.807, 2.05) is 18.4 Å². The molecule has 11 heteroatoms. The highest BCUT2D eigenvalue weighted by atomic mass is 19.1. The summed E-state index contributed by atoms with van der Waals surface area (Å²) in [5, 5.41) is 9.57. The normalized spacial score (nSPS) is 16.1. The van der Waals surface area contributed by atoms with Crippen molar-refractivity contribution in [1.82, 2.24) is 19.5 Å². The zero-order valence-corrected chi connectivity index (χ0v) is 23.4. The molecule has 6 rings (SSSR count). The Morgan fingerprint density at radius 1 is 1.05 bits per heavy atom. The first kappa shape index (κ1) is 28.4. The van der Waals surface area contributed by atoms with Crippen LogP contribution in [0.2, 0.25) is 0 Å². The summed E-state index contributed by atoms with van der Waals surface area (Å²) in [7, 11) is 0. The predicted molar refractivity (Wildman–Crippen MR) is 151 cm³/mol. The van der Waals surface area contributed by atoms with Gasteiger partial charge in [-0.2, -0.15) is 0 Å². The summed E-state index contributed by atoms with van der Waals surface area (Å²) in [6, 6.07) is 12.8. The van der Waals surface area contributed by atoms with Crippen LogP contribution in [0.4, 0.5) is 13.2 Å². The lowest BCUT2D eigenvalue weighted by Crippen LogP contribution is -2.27. The Kier molecular flexibility index (Phi) is 7.35. The first-order chi connectivity index (χ1) is 20.6. The molecule has 220 valence electrons. The summed E-state index contributed by atoms with van der Waals surface area (Å²) in [4.78, 5) is 24.4. The standard InChI is InChI=1S/C32H27F3N4O4/c1-32(2)17-42-16-28(32)39-27-11-18(31(40)41)6-7-26(27)37-29(39)12-20-10-23(34)21(13-22(20)33)25-4-3-5-30(38-25)43-15-19-8-9-36-14-24(19)35/h3-11,13-14,28H,12,15-17H2,1-2H3,(H,40,41). The lowest BCUT2D eigenvalue weighted by Gasteiger charge is -2.28. The van der Waals surface area contributed by atoms with E-state index >= 15 is 8.78 Å². The number of imidazole rings is 1. The molecule has 2 aromatic carbocycles. The van der Waals surface area contributed by atoms with E-state index in [4.69, 9.17) is 14.5 Å². The summed E-state index contributed by atoms with van der Waals surface area (Å²) in [5.41, 5.74) is 1.37. The van der Waals surface area contributed by atoms with Crippen molar-refractivity contribution < 1.29 is 32.5 Å². The molecule has 1 fully saturated rings. The van der Waals surface area contributed by atoms with Gasteiger partial charge in [-0.25, -0.2) is 27.9 Å². The maximum atomic E-state index is 15.6. The Morgan fingerprint density at radius 3 is 2.63 bits per heavy atom. The van der Waals surface area contributed by atoms with Gasteiger partial charge in [-0.15, -0.1) is 0 Å². The molecule has 0 radical (unpaired) electrons. The number of ether oxygens (including phenoxy) is 2. The lowest BCUT2D eigenvalue weighted by atomic mass is 9.87. The number of rotatable bonds is 8. The SMILES string of the molecule is CC1(C)COCC1n1c(Cc2cc(F)c(-c3cccc(OCc4ccncc4F)n3)cc2F)nc2ccc(C(=O)O)cc21. The van der Waals surface area contributed by atoms with Crippen LogP contribution in [0, 0.1) is 22.9 Å². The molecular formula is C32H27F3N4O4. The fourth-order valence-electron chi connectivity index (χ4n) is 5.34. The van der Waals surface area contributed by atoms with Crippen LogP contribution in [0.25, 0.3) is 22.3 Å². The van der Waals surface area contributed by atoms with E-state index in [-0.39, 0.29) is 58.3 Å². The maximum Gasteiger partial charge on any atom is 0.335 e. The van der Waals surface area contributed by atoms with Gasteiger partial charge in [0.25, 0.3) is 0 Å². The van der Waals surface area contributed by atoms with Crippen LogP contribution in [-0.2, 0) is 17.8 Å². The van der Waals surface area contributed by atoms with Gasteiger partial charge in [0.05, 0.1) is 47.7 Å². The maximum absolute atomic E-state index is 15.6. The molecule has 1 saturated heterocycles. The molecule has 0 aliphatic carbocycles. The highest BCUT2D eigenvalue weighted by Gasteiger charge is 2.39. The number of nitrogens with zero attached hydrogens (tertiary/aromatic N) is 4. The molecule has 3 aromatic heterocycles. The molecule has 43 heavy (non-hydrogen) atoms. The Morgan fingerprint density at radius 2 is 1.88 bits per heavy atom. The van der Waals surface area contributed by atoms with Crippen LogP contribution in [0.15, 0.2) is 67.0 Å². The van der Waals surface area contributed by atoms with Crippen LogP contribution in [0.3, 0.4) is 0 Å². The number of carbonyl (C=O) groups is 1. The van der Waals surface area contributed by atoms with Gasteiger partial charge in [0.15, 0.2) is 0 Å². The van der Waals surface area contributed by atoms with Crippen LogP contribution in [0.1, 0.15) is 47.2 Å². The molecule has 1 unspecified atom stereocenters. The van der Waals surface area contributed by atoms with Crippen molar-refractivity contribution in [3.63, 3.8) is 0 Å². The first-order valence-electron chi connectivity index (χ1n) is 13.6. The fraction of sp³-hybridized carbons (Fsp3) is 0.250. The minimum absolute atomic E-state index is 0.0409. The largest absolute Gasteiger partial charge is 0.478 e. The fourth-order valence-corrected chi connectivity index (χ4v) is 5.34. The van der Waals surface area contributed by atoms with E-state index in [1.54, 1.807) is 24.3 Å². The van der Waals surface area contributed by atoms with Crippen LogP contribution in [-0.4, -0.2) is 43.8 Å². The zero-order chi connectivity index (χ0) is 30.3. The zero-order valence-electron chi connectivity index (χ0n) is 23.4. The molecule has 1 atom stereocenters. The van der Waals surface area contributed by atoms with Crippen molar-refractivity contribution in [1.29, 1.82) is 0 Å². The van der Waals surface area contributed by atoms with E-state index < -0.39 is 23.4 Å². The van der Waals surface area contributed by atoms with Crippen molar-refractivity contribution in [2.45, 2.75) is 32.9 Å². The minimum atomic E-state index is -1.07. The number of pyridine rings is 2. The van der Waals surface area contributed by atoms with Gasteiger partial charge in [0.1, 0.15) is 29.9 Å². The van der Waals surface area contributed by atoms with Crippen molar-refractivity contribution in [3.05, 3.63) is 107 Å². The molecule has 0 saturated carbocycles. The van der Waals surface area contributed by atoms with Crippen molar-refractivity contribution in [2.75, 3.05) is 13.2 Å². The molecule has 8 nitrogen and oxygen atoms in total. The van der Waals surface area contributed by atoms with E-state index in [1.165, 1.54) is 24.4 Å². The second-order valence-electron chi connectivity index (χ2n) is 11.1. The molecule has 0 amide bonds. The summed E-state index contributed by atoms with van der Waals surface area (Å²) in [6.45, 7) is 4.82.